The van der Waals surface area contributed by atoms with Crippen LogP contribution < -0.4 is 25.6 Å². The normalized spacial score (nSPS) is 17.8. The maximum atomic E-state index is 14.4. The molecule has 5 atom stereocenters. The number of aromatic nitrogens is 1. The number of hydrogen-bond acceptors (Lipinski definition) is 23. The van der Waals surface area contributed by atoms with Crippen molar-refractivity contribution in [3.05, 3.63) is 160 Å². The average Bonchev–Trinajstić information content (AvgIpc) is 0.835. The van der Waals surface area contributed by atoms with Crippen LogP contribution in [0.15, 0.2) is 147 Å². The van der Waals surface area contributed by atoms with Crippen molar-refractivity contribution >= 4 is 101 Å². The van der Waals surface area contributed by atoms with Gasteiger partial charge in [0.25, 0.3) is 25.8 Å². The Kier molecular flexibility index (Phi) is 31.3. The highest BCUT2D eigenvalue weighted by atomic mass is 35.5. The molecule has 3 saturated heterocycles. The summed E-state index contributed by atoms with van der Waals surface area (Å²) >= 11 is 9.27. The van der Waals surface area contributed by atoms with Gasteiger partial charge in [0, 0.05) is 111 Å². The van der Waals surface area contributed by atoms with Crippen LogP contribution >= 0.6 is 34.7 Å². The molecule has 3 fully saturated rings. The van der Waals surface area contributed by atoms with Crippen LogP contribution in [0.5, 0.6) is 0 Å². The molecule has 4 aliphatic heterocycles. The number of thioether (sulfide) groups is 1. The number of carbonyl (C=O) groups excluding carboxylic acids is 5. The molecule has 0 aliphatic carbocycles. The molecule has 0 spiro atoms. The number of β-amino-alcohol motifs (C(OH)–C–C–N with tert-alkyl or cyclic N) is 1. The van der Waals surface area contributed by atoms with Crippen LogP contribution in [0, 0.1) is 12.3 Å². The number of rotatable bonds is 36. The van der Waals surface area contributed by atoms with Crippen LogP contribution in [0.1, 0.15) is 80.2 Å². The number of aliphatic hydroxyl groups is 1. The second-order valence-corrected chi connectivity index (χ2v) is 34.7. The summed E-state index contributed by atoms with van der Waals surface area (Å²) in [4.78, 5) is 81.8. The summed E-state index contributed by atoms with van der Waals surface area (Å²) in [6, 6.07) is 30.3. The second-order valence-electron chi connectivity index (χ2n) is 28.7. The van der Waals surface area contributed by atoms with Crippen molar-refractivity contribution in [3.63, 3.8) is 0 Å². The number of halogens is 4. The maximum absolute atomic E-state index is 14.4. The third-order valence-corrected chi connectivity index (χ3v) is 24.8. The minimum Gasteiger partial charge on any atom is -0.447 e. The lowest BCUT2D eigenvalue weighted by Gasteiger charge is -2.38. The molecular weight excluding hydrogens is 1550 g/mol. The zero-order chi connectivity index (χ0) is 80.2. The van der Waals surface area contributed by atoms with E-state index >= 15 is 0 Å². The highest BCUT2D eigenvalue weighted by Crippen LogP contribution is 2.38. The standard InChI is InChI=1S/C78H98ClF3N10O16S4/c1-53(55-11-13-57(14-12-55)71-54(2)83-52-110-71)84-74(96)68-45-63(93)49-92(68)75(97)72(77(3,4)5)86-70(94)50-107-42-41-105-38-37-104-39-40-106-43-44-108-76(98)91-28-26-66(56-15-19-60(79)20-16-56)59(48-91)47-89-29-31-90(32-30-89)62-21-17-58(18-22-62)73(95)87-112(101,102)65-23-24-67(69(46-65)111(99,100)78(80,81)82)85-61(25-27-88-33-35-103-36-34-88)51-109-64-9-7-6-8-10-64/h6-24,46,52-53,61,63,68,72,85,93H,25-45,47-51H2,1-5H3,(H,84,96)(H,86,94)(H,87,95)/t53-,61+,63+,68-,72+/m0/s1. The fourth-order valence-corrected chi connectivity index (χ4v) is 17.3. The summed E-state index contributed by atoms with van der Waals surface area (Å²) in [6.07, 6.45) is -0.379. The number of hydrogen-bond donors (Lipinski definition) is 5. The zero-order valence-corrected chi connectivity index (χ0v) is 67.3. The number of anilines is 2. The number of thiazole rings is 1. The minimum atomic E-state index is -6.12. The molecule has 0 bridgehead atoms. The third kappa shape index (κ3) is 24.4. The number of sulfone groups is 1. The Morgan fingerprint density at radius 1 is 0.759 bits per heavy atom. The number of nitrogens with zero attached hydrogens (tertiary/aromatic N) is 6. The molecule has 10 rings (SSSR count). The SMILES string of the molecule is Cc1ncsc1-c1ccc([C@H](C)NC(=O)[C@@H]2C[C@@H](O)CN2C(=O)[C@@H](NC(=O)COCCOCCOCCOCCOC(=O)N2CCC(c3ccc(Cl)cc3)=C(CN3CCN(c4ccc(C(=O)NS(=O)(=O)c5ccc(N[C@H](CCN6CCOCC6)CSc6ccccc6)c(S(=O)(=O)C(F)(F)F)c5)cc4)CC3)C2)C(C)(C)C)cc1. The molecular formula is C78H98ClF3N10O16S4. The molecule has 608 valence electrons. The predicted molar refractivity (Wildman–Crippen MR) is 421 cm³/mol. The monoisotopic (exact) mass is 1650 g/mol. The van der Waals surface area contributed by atoms with Gasteiger partial charge in [-0.05, 0) is 127 Å². The van der Waals surface area contributed by atoms with Crippen LogP contribution in [-0.2, 0) is 62.7 Å². The summed E-state index contributed by atoms with van der Waals surface area (Å²) in [6.45, 7) is 16.7. The number of ether oxygens (including phenoxy) is 6. The van der Waals surface area contributed by atoms with Crippen molar-refractivity contribution in [2.45, 2.75) is 104 Å². The van der Waals surface area contributed by atoms with Gasteiger partial charge < -0.3 is 64.2 Å². The van der Waals surface area contributed by atoms with E-state index in [0.29, 0.717) is 108 Å². The number of alkyl halides is 3. The lowest BCUT2D eigenvalue weighted by atomic mass is 9.85. The second kappa shape index (κ2) is 40.5. The molecule has 0 unspecified atom stereocenters. The molecule has 1 aromatic heterocycles. The number of sulfonamides is 1. The summed E-state index contributed by atoms with van der Waals surface area (Å²) in [7, 11) is -11.1. The number of benzene rings is 5. The molecule has 0 saturated carbocycles. The van der Waals surface area contributed by atoms with Gasteiger partial charge in [-0.1, -0.05) is 87.0 Å². The van der Waals surface area contributed by atoms with E-state index in [1.807, 2.05) is 97.4 Å². The molecule has 34 heteroatoms. The Balaban J connectivity index is 0.616. The molecule has 112 heavy (non-hydrogen) atoms. The smallest absolute Gasteiger partial charge is 0.447 e. The summed E-state index contributed by atoms with van der Waals surface area (Å²) < 4.78 is 133. The van der Waals surface area contributed by atoms with E-state index in [9.17, 15) is 59.1 Å². The van der Waals surface area contributed by atoms with Crippen molar-refractivity contribution in [2.75, 3.05) is 161 Å². The molecule has 5 heterocycles. The Labute approximate surface area is 665 Å². The van der Waals surface area contributed by atoms with Crippen LogP contribution in [0.2, 0.25) is 5.02 Å². The molecule has 4 aliphatic rings. The van der Waals surface area contributed by atoms with E-state index in [1.165, 1.54) is 28.8 Å². The number of piperazine rings is 1. The van der Waals surface area contributed by atoms with Crippen molar-refractivity contribution in [2.24, 2.45) is 5.41 Å². The Morgan fingerprint density at radius 2 is 1.40 bits per heavy atom. The van der Waals surface area contributed by atoms with E-state index < -0.39 is 100 Å². The van der Waals surface area contributed by atoms with Gasteiger partial charge in [-0.15, -0.1) is 23.1 Å². The molecule has 0 radical (unpaired) electrons. The molecule has 6 aromatic rings. The van der Waals surface area contributed by atoms with Gasteiger partial charge in [0.1, 0.15) is 30.2 Å². The van der Waals surface area contributed by atoms with Gasteiger partial charge in [-0.2, -0.15) is 13.2 Å². The minimum absolute atomic E-state index is 0.0102. The number of amides is 5. The maximum Gasteiger partial charge on any atom is 0.501 e. The Morgan fingerprint density at radius 3 is 2.04 bits per heavy atom. The first kappa shape index (κ1) is 86.6. The van der Waals surface area contributed by atoms with E-state index in [4.69, 9.17) is 40.0 Å². The molecule has 5 aromatic carbocycles. The number of aryl methyl sites for hydroxylation is 1. The third-order valence-electron chi connectivity index (χ3n) is 19.6. The highest BCUT2D eigenvalue weighted by molar-refractivity contribution is 7.99. The van der Waals surface area contributed by atoms with Crippen molar-refractivity contribution in [1.29, 1.82) is 0 Å². The fraction of sp³-hybridized carbons (Fsp3) is 0.487. The van der Waals surface area contributed by atoms with Crippen molar-refractivity contribution < 1.29 is 87.5 Å². The molecule has 5 amide bonds. The first-order valence-corrected chi connectivity index (χ1v) is 42.3. The van der Waals surface area contributed by atoms with Gasteiger partial charge >= 0.3 is 11.6 Å². The number of morpholine rings is 1. The first-order valence-electron chi connectivity index (χ1n) is 37.1. The highest BCUT2D eigenvalue weighted by Gasteiger charge is 2.49. The van der Waals surface area contributed by atoms with Crippen molar-refractivity contribution in [1.82, 2.24) is 39.9 Å². The number of carbonyl (C=O) groups is 5. The first-order chi connectivity index (χ1) is 53.5. The van der Waals surface area contributed by atoms with Crippen LogP contribution in [0.4, 0.5) is 29.3 Å². The number of nitrogens with one attached hydrogen (secondary N) is 4. The van der Waals surface area contributed by atoms with Gasteiger partial charge in [-0.3, -0.25) is 29.0 Å². The number of likely N-dealkylation sites (tertiary alicyclic amines) is 1. The fourth-order valence-electron chi connectivity index (χ4n) is 13.4. The van der Waals surface area contributed by atoms with Crippen molar-refractivity contribution in [3.8, 4) is 10.4 Å². The van der Waals surface area contributed by atoms with Gasteiger partial charge in [0.15, 0.2) is 0 Å². The quantitative estimate of drug-likeness (QED) is 0.0181. The van der Waals surface area contributed by atoms with Gasteiger partial charge in [0.05, 0.1) is 98.3 Å². The Hall–Kier alpha value is -7.77. The Bertz CT molecular complexity index is 4400. The predicted octanol–water partition coefficient (Wildman–Crippen LogP) is 9.33. The van der Waals surface area contributed by atoms with E-state index in [-0.39, 0.29) is 84.0 Å². The van der Waals surface area contributed by atoms with Crippen LogP contribution in [-0.4, -0.2) is 256 Å². The van der Waals surface area contributed by atoms with E-state index in [0.717, 1.165) is 61.1 Å². The van der Waals surface area contributed by atoms with Crippen LogP contribution in [0.3, 0.4) is 0 Å². The lowest BCUT2D eigenvalue weighted by molar-refractivity contribution is -0.144. The van der Waals surface area contributed by atoms with Gasteiger partial charge in [0.2, 0.25) is 17.7 Å². The van der Waals surface area contributed by atoms with E-state index in [2.05, 4.69) is 35.6 Å². The van der Waals surface area contributed by atoms with Gasteiger partial charge in [-0.25, -0.2) is 31.3 Å². The topological polar surface area (TPSA) is 306 Å². The summed E-state index contributed by atoms with van der Waals surface area (Å²) in [5.41, 5.74) is 1.43. The molecule has 5 N–H and O–H groups in total. The number of aliphatic hydroxyl groups excluding tert-OH is 1. The summed E-state index contributed by atoms with van der Waals surface area (Å²) in [5.74, 6) is -2.18. The molecule has 26 nitrogen and oxygen atoms in total. The van der Waals surface area contributed by atoms with Crippen LogP contribution in [0.25, 0.3) is 16.0 Å². The summed E-state index contributed by atoms with van der Waals surface area (Å²) in [5, 5.41) is 20.1. The average molecular weight is 1650 g/mol. The zero-order valence-electron chi connectivity index (χ0n) is 63.3. The lowest BCUT2D eigenvalue weighted by Crippen LogP contribution is -2.58. The largest absolute Gasteiger partial charge is 0.501 e. The van der Waals surface area contributed by atoms with E-state index in [1.54, 1.807) is 54.7 Å².